The van der Waals surface area contributed by atoms with Crippen molar-refractivity contribution in [1.29, 1.82) is 0 Å². The lowest BCUT2D eigenvalue weighted by atomic mass is 9.93. The highest BCUT2D eigenvalue weighted by Gasteiger charge is 2.28. The van der Waals surface area contributed by atoms with Gasteiger partial charge in [-0.3, -0.25) is 9.59 Å². The van der Waals surface area contributed by atoms with Crippen LogP contribution in [0.5, 0.6) is 0 Å². The van der Waals surface area contributed by atoms with Crippen LogP contribution in [0.15, 0.2) is 58.0 Å². The van der Waals surface area contributed by atoms with E-state index in [-0.39, 0.29) is 17.6 Å². The zero-order valence-electron chi connectivity index (χ0n) is 17.9. The van der Waals surface area contributed by atoms with Crippen molar-refractivity contribution < 1.29 is 14.0 Å². The molecule has 6 nitrogen and oxygen atoms in total. The summed E-state index contributed by atoms with van der Waals surface area (Å²) < 4.78 is 5.93. The van der Waals surface area contributed by atoms with Gasteiger partial charge >= 0.3 is 0 Å². The maximum atomic E-state index is 12.8. The van der Waals surface area contributed by atoms with Gasteiger partial charge in [-0.1, -0.05) is 35.4 Å². The predicted octanol–water partition coefficient (Wildman–Crippen LogP) is 4.93. The summed E-state index contributed by atoms with van der Waals surface area (Å²) in [7, 11) is 0. The Hall–Kier alpha value is -3.67. The molecule has 0 aliphatic heterocycles. The third-order valence-corrected chi connectivity index (χ3v) is 5.41. The van der Waals surface area contributed by atoms with Crippen LogP contribution in [0.1, 0.15) is 61.8 Å². The van der Waals surface area contributed by atoms with Gasteiger partial charge in [0.15, 0.2) is 5.76 Å². The van der Waals surface area contributed by atoms with E-state index in [1.807, 2.05) is 63.2 Å². The van der Waals surface area contributed by atoms with Gasteiger partial charge in [0.25, 0.3) is 11.8 Å². The lowest BCUT2D eigenvalue weighted by molar-refractivity contribution is 0.0953. The molecule has 3 aromatic rings. The zero-order valence-corrected chi connectivity index (χ0v) is 17.9. The van der Waals surface area contributed by atoms with E-state index in [0.717, 1.165) is 46.6 Å². The number of anilines is 1. The predicted molar refractivity (Wildman–Crippen MR) is 121 cm³/mol. The number of hydrogen-bond donors (Lipinski definition) is 2. The molecule has 2 aromatic carbocycles. The van der Waals surface area contributed by atoms with Gasteiger partial charge in [-0.15, -0.1) is 0 Å². The molecule has 0 saturated carbocycles. The van der Waals surface area contributed by atoms with Crippen LogP contribution in [0.25, 0.3) is 0 Å². The summed E-state index contributed by atoms with van der Waals surface area (Å²) in [5, 5.41) is 7.27. The minimum atomic E-state index is -0.293. The van der Waals surface area contributed by atoms with Crippen LogP contribution in [0, 0.1) is 20.8 Å². The summed E-state index contributed by atoms with van der Waals surface area (Å²) in [6.07, 6.45) is 2.29. The first kappa shape index (κ1) is 20.6. The van der Waals surface area contributed by atoms with E-state index < -0.39 is 0 Å². The molecule has 0 bridgehead atoms. The topological polar surface area (TPSA) is 83.7 Å². The second-order valence-corrected chi connectivity index (χ2v) is 7.90. The Morgan fingerprint density at radius 2 is 1.71 bits per heavy atom. The van der Waals surface area contributed by atoms with Gasteiger partial charge in [-0.05, 0) is 57.9 Å². The summed E-state index contributed by atoms with van der Waals surface area (Å²) >= 11 is 0. The smallest absolute Gasteiger partial charge is 0.291 e. The highest BCUT2D eigenvalue weighted by atomic mass is 16.4. The first-order chi connectivity index (χ1) is 14.9. The van der Waals surface area contributed by atoms with Crippen LogP contribution >= 0.6 is 0 Å². The molecule has 1 aliphatic carbocycles. The summed E-state index contributed by atoms with van der Waals surface area (Å²) in [5.41, 5.74) is 8.35. The molecule has 158 valence electrons. The average molecular weight is 415 g/mol. The number of aryl methyl sites for hydroxylation is 3. The number of hydrazone groups is 1. The van der Waals surface area contributed by atoms with E-state index in [0.29, 0.717) is 17.7 Å². The first-order valence-corrected chi connectivity index (χ1v) is 10.4. The third kappa shape index (κ3) is 4.43. The monoisotopic (exact) mass is 415 g/mol. The van der Waals surface area contributed by atoms with Gasteiger partial charge in [0.05, 0.1) is 5.71 Å². The lowest BCUT2D eigenvalue weighted by Crippen LogP contribution is -2.22. The molecule has 31 heavy (non-hydrogen) atoms. The largest absolute Gasteiger partial charge is 0.455 e. The van der Waals surface area contributed by atoms with Crippen molar-refractivity contribution in [2.75, 3.05) is 5.32 Å². The fraction of sp³-hybridized carbons (Fsp3) is 0.240. The number of amides is 2. The molecular formula is C25H25N3O3. The minimum absolute atomic E-state index is 0.262. The van der Waals surface area contributed by atoms with Crippen LogP contribution in [0.3, 0.4) is 0 Å². The highest BCUT2D eigenvalue weighted by molar-refractivity contribution is 6.09. The number of nitrogens with one attached hydrogen (secondary N) is 2. The summed E-state index contributed by atoms with van der Waals surface area (Å²) in [5.74, 6) is 0.465. The molecule has 4 rings (SSSR count). The summed E-state index contributed by atoms with van der Waals surface area (Å²) in [6, 6.07) is 15.0. The van der Waals surface area contributed by atoms with Gasteiger partial charge in [0.1, 0.15) is 5.76 Å². The Morgan fingerprint density at radius 3 is 2.45 bits per heavy atom. The van der Waals surface area contributed by atoms with Crippen LogP contribution in [0.4, 0.5) is 5.69 Å². The molecule has 1 aromatic heterocycles. The maximum absolute atomic E-state index is 12.8. The molecule has 6 heteroatoms. The van der Waals surface area contributed by atoms with Crippen LogP contribution < -0.4 is 10.7 Å². The van der Waals surface area contributed by atoms with Crippen molar-refractivity contribution >= 4 is 23.2 Å². The Bertz CT molecular complexity index is 1170. The quantitative estimate of drug-likeness (QED) is 0.593. The van der Waals surface area contributed by atoms with Crippen molar-refractivity contribution in [3.8, 4) is 0 Å². The highest BCUT2D eigenvalue weighted by Crippen LogP contribution is 2.30. The van der Waals surface area contributed by atoms with E-state index >= 15 is 0 Å². The molecule has 2 amide bonds. The second-order valence-electron chi connectivity index (χ2n) is 7.90. The number of hydrogen-bond acceptors (Lipinski definition) is 4. The maximum Gasteiger partial charge on any atom is 0.291 e. The van der Waals surface area contributed by atoms with Crippen molar-refractivity contribution in [2.24, 2.45) is 5.10 Å². The van der Waals surface area contributed by atoms with Gasteiger partial charge in [0, 0.05) is 28.8 Å². The normalized spacial score (nSPS) is 14.2. The minimum Gasteiger partial charge on any atom is -0.455 e. The molecule has 0 spiro atoms. The van der Waals surface area contributed by atoms with E-state index in [9.17, 15) is 9.59 Å². The number of nitrogens with zero attached hydrogens (tertiary/aromatic N) is 1. The Morgan fingerprint density at radius 1 is 0.935 bits per heavy atom. The number of rotatable bonds is 4. The number of carbonyl (C=O) groups excluding carboxylic acids is 2. The van der Waals surface area contributed by atoms with Crippen molar-refractivity contribution in [3.05, 3.63) is 87.9 Å². The fourth-order valence-corrected chi connectivity index (χ4v) is 3.79. The Balaban J connectivity index is 1.56. The van der Waals surface area contributed by atoms with E-state index in [1.165, 1.54) is 0 Å². The van der Waals surface area contributed by atoms with Crippen LogP contribution in [-0.4, -0.2) is 17.5 Å². The molecule has 0 atom stereocenters. The van der Waals surface area contributed by atoms with Crippen molar-refractivity contribution in [3.63, 3.8) is 0 Å². The van der Waals surface area contributed by atoms with Gasteiger partial charge in [-0.2, -0.15) is 5.10 Å². The second kappa shape index (κ2) is 8.60. The molecular weight excluding hydrogens is 390 g/mol. The number of fused-ring (bicyclic) bond motifs is 1. The molecule has 2 N–H and O–H groups in total. The number of benzene rings is 2. The third-order valence-electron chi connectivity index (χ3n) is 5.41. The van der Waals surface area contributed by atoms with Crippen LogP contribution in [-0.2, 0) is 6.42 Å². The molecule has 0 radical (unpaired) electrons. The summed E-state index contributed by atoms with van der Waals surface area (Å²) in [4.78, 5) is 25.3. The van der Waals surface area contributed by atoms with Gasteiger partial charge < -0.3 is 9.73 Å². The number of carbonyl (C=O) groups is 2. The SMILES string of the molecule is Cc1ccc(NC(=O)c2oc3c(c2C)/C(=N/NC(=O)c2cccc(C)c2)CCC3)cc1. The van der Waals surface area contributed by atoms with E-state index in [4.69, 9.17) is 4.42 Å². The molecule has 0 fully saturated rings. The Labute approximate surface area is 181 Å². The van der Waals surface area contributed by atoms with Gasteiger partial charge in [-0.25, -0.2) is 5.43 Å². The summed E-state index contributed by atoms with van der Waals surface area (Å²) in [6.45, 7) is 5.79. The molecule has 1 aliphatic rings. The standard InChI is InChI=1S/C25H25N3O3/c1-15-10-12-19(13-11-15)26-25(30)23-17(3)22-20(8-5-9-21(22)31-23)27-28-24(29)18-7-4-6-16(2)14-18/h4,6-7,10-14H,5,8-9H2,1-3H3,(H,26,30)(H,28,29)/b27-20+. The van der Waals surface area contributed by atoms with Gasteiger partial charge in [0.2, 0.25) is 0 Å². The van der Waals surface area contributed by atoms with E-state index in [2.05, 4.69) is 15.8 Å². The zero-order chi connectivity index (χ0) is 22.0. The first-order valence-electron chi connectivity index (χ1n) is 10.4. The lowest BCUT2D eigenvalue weighted by Gasteiger charge is -2.13. The fourth-order valence-electron chi connectivity index (χ4n) is 3.79. The Kier molecular flexibility index (Phi) is 5.71. The average Bonchev–Trinajstić information content (AvgIpc) is 3.11. The number of furan rings is 1. The van der Waals surface area contributed by atoms with Crippen molar-refractivity contribution in [2.45, 2.75) is 40.0 Å². The molecule has 1 heterocycles. The van der Waals surface area contributed by atoms with Crippen LogP contribution in [0.2, 0.25) is 0 Å². The van der Waals surface area contributed by atoms with E-state index in [1.54, 1.807) is 6.07 Å². The molecule has 0 unspecified atom stereocenters. The molecule has 0 saturated heterocycles. The van der Waals surface area contributed by atoms with Crippen molar-refractivity contribution in [1.82, 2.24) is 5.43 Å².